The van der Waals surface area contributed by atoms with E-state index >= 15 is 0 Å². The van der Waals surface area contributed by atoms with Gasteiger partial charge in [-0.2, -0.15) is 4.39 Å². The van der Waals surface area contributed by atoms with E-state index < -0.39 is 25.9 Å². The number of aromatic nitrogens is 1. The molecule has 37 heavy (non-hydrogen) atoms. The number of thiazole rings is 1. The summed E-state index contributed by atoms with van der Waals surface area (Å²) in [6, 6.07) is 2.83. The van der Waals surface area contributed by atoms with Crippen LogP contribution in [0.5, 0.6) is 0 Å². The van der Waals surface area contributed by atoms with Crippen LogP contribution in [-0.4, -0.2) is 45.6 Å². The Labute approximate surface area is 226 Å². The lowest BCUT2D eigenvalue weighted by atomic mass is 9.54. The zero-order valence-corrected chi connectivity index (χ0v) is 23.0. The summed E-state index contributed by atoms with van der Waals surface area (Å²) in [5.41, 5.74) is 0.325. The van der Waals surface area contributed by atoms with E-state index in [1.165, 1.54) is 32.1 Å². The Morgan fingerprint density at radius 2 is 1.68 bits per heavy atom. The first-order valence-corrected chi connectivity index (χ1v) is 15.8. The number of nitrogens with zero attached hydrogens (tertiary/aromatic N) is 1. The van der Waals surface area contributed by atoms with Gasteiger partial charge in [0.2, 0.25) is 0 Å². The van der Waals surface area contributed by atoms with Crippen molar-refractivity contribution in [3.05, 3.63) is 34.3 Å². The van der Waals surface area contributed by atoms with Gasteiger partial charge in [0.15, 0.2) is 10.3 Å². The second-order valence-corrected chi connectivity index (χ2v) is 13.7. The lowest BCUT2D eigenvalue weighted by Crippen LogP contribution is -2.55. The third-order valence-electron chi connectivity index (χ3n) is 8.01. The highest BCUT2D eigenvalue weighted by Crippen LogP contribution is 2.53. The molecule has 0 amide bonds. The molecular formula is C25H34ClF2N5O2S2. The Morgan fingerprint density at radius 3 is 2.35 bits per heavy atom. The van der Waals surface area contributed by atoms with Crippen molar-refractivity contribution in [2.24, 2.45) is 23.7 Å². The van der Waals surface area contributed by atoms with Gasteiger partial charge in [-0.3, -0.25) is 4.72 Å². The first-order chi connectivity index (χ1) is 17.8. The van der Waals surface area contributed by atoms with Crippen molar-refractivity contribution in [3.8, 4) is 0 Å². The van der Waals surface area contributed by atoms with Crippen LogP contribution in [0.2, 0.25) is 5.02 Å². The largest absolute Gasteiger partial charge is 0.384 e. The van der Waals surface area contributed by atoms with Gasteiger partial charge in [0.05, 0.1) is 16.9 Å². The molecule has 0 unspecified atom stereocenters. The molecule has 204 valence electrons. The number of nitrogens with one attached hydrogen (secondary N) is 4. The Bertz CT molecular complexity index is 1170. The minimum Gasteiger partial charge on any atom is -0.384 e. The number of rotatable bonds is 13. The number of hydrogen-bond donors (Lipinski definition) is 4. The maximum atomic E-state index is 14.6. The van der Waals surface area contributed by atoms with Gasteiger partial charge in [-0.05, 0) is 87.3 Å². The summed E-state index contributed by atoms with van der Waals surface area (Å²) in [7, 11) is -4.29. The van der Waals surface area contributed by atoms with Gasteiger partial charge in [0, 0.05) is 25.7 Å². The van der Waals surface area contributed by atoms with E-state index in [-0.39, 0.29) is 10.2 Å². The average Bonchev–Trinajstić information content (AvgIpc) is 3.24. The van der Waals surface area contributed by atoms with Gasteiger partial charge >= 0.3 is 0 Å². The third-order valence-corrected chi connectivity index (χ3v) is 10.5. The summed E-state index contributed by atoms with van der Waals surface area (Å²) in [6.45, 7) is 3.43. The van der Waals surface area contributed by atoms with Crippen molar-refractivity contribution in [1.82, 2.24) is 15.6 Å². The number of anilines is 2. The van der Waals surface area contributed by atoms with Gasteiger partial charge in [-0.15, -0.1) is 0 Å². The molecule has 4 aliphatic rings. The smallest absolute Gasteiger partial charge is 0.266 e. The lowest BCUT2D eigenvalue weighted by molar-refractivity contribution is -0.0133. The number of halogens is 3. The number of unbranched alkanes of at least 4 members (excludes halogenated alkanes) is 1. The summed E-state index contributed by atoms with van der Waals surface area (Å²) in [6.07, 6.45) is 9.90. The molecule has 1 heterocycles. The molecule has 0 atom stereocenters. The molecule has 4 N–H and O–H groups in total. The monoisotopic (exact) mass is 573 g/mol. The van der Waals surface area contributed by atoms with E-state index in [1.54, 1.807) is 0 Å². The van der Waals surface area contributed by atoms with E-state index in [9.17, 15) is 17.2 Å². The van der Waals surface area contributed by atoms with E-state index in [4.69, 9.17) is 11.6 Å². The van der Waals surface area contributed by atoms with Crippen LogP contribution >= 0.6 is 22.9 Å². The second-order valence-electron chi connectivity index (χ2n) is 10.6. The van der Waals surface area contributed by atoms with Gasteiger partial charge in [-0.1, -0.05) is 22.9 Å². The minimum absolute atomic E-state index is 0.0843. The molecule has 12 heteroatoms. The van der Waals surface area contributed by atoms with Crippen molar-refractivity contribution < 1.29 is 17.2 Å². The van der Waals surface area contributed by atoms with Crippen LogP contribution in [0.1, 0.15) is 44.9 Å². The van der Waals surface area contributed by atoms with Gasteiger partial charge in [0.25, 0.3) is 10.0 Å². The zero-order chi connectivity index (χ0) is 26.0. The van der Waals surface area contributed by atoms with Crippen LogP contribution in [0.15, 0.2) is 23.2 Å². The van der Waals surface area contributed by atoms with Crippen LogP contribution in [0, 0.1) is 34.6 Å². The molecule has 4 fully saturated rings. The normalized spacial score (nSPS) is 26.5. The Morgan fingerprint density at radius 1 is 0.973 bits per heavy atom. The average molecular weight is 574 g/mol. The molecule has 0 aliphatic heterocycles. The summed E-state index contributed by atoms with van der Waals surface area (Å²) < 4.78 is 54.7. The number of sulfonamides is 1. The van der Waals surface area contributed by atoms with Gasteiger partial charge < -0.3 is 16.0 Å². The highest BCUT2D eigenvalue weighted by atomic mass is 35.5. The molecule has 4 aliphatic carbocycles. The van der Waals surface area contributed by atoms with Crippen LogP contribution in [0.4, 0.5) is 19.6 Å². The third kappa shape index (κ3) is 6.55. The molecule has 2 aromatic rings. The molecule has 4 bridgehead atoms. The fourth-order valence-corrected chi connectivity index (χ4v) is 8.82. The molecule has 0 radical (unpaired) electrons. The summed E-state index contributed by atoms with van der Waals surface area (Å²) in [5.74, 6) is 2.84. The van der Waals surface area contributed by atoms with Crippen molar-refractivity contribution in [2.75, 3.05) is 36.2 Å². The summed E-state index contributed by atoms with van der Waals surface area (Å²) in [4.78, 5) is 2.97. The molecule has 0 saturated heterocycles. The van der Waals surface area contributed by atoms with Gasteiger partial charge in [-0.25, -0.2) is 17.8 Å². The van der Waals surface area contributed by atoms with Crippen LogP contribution < -0.4 is 20.7 Å². The molecule has 1 aromatic carbocycles. The first kappa shape index (κ1) is 27.1. The number of benzene rings is 1. The van der Waals surface area contributed by atoms with Crippen LogP contribution in [-0.2, 0) is 10.0 Å². The molecule has 0 spiro atoms. The summed E-state index contributed by atoms with van der Waals surface area (Å²) >= 11 is 6.72. The molecule has 1 aromatic heterocycles. The van der Waals surface area contributed by atoms with Crippen LogP contribution in [0.25, 0.3) is 0 Å². The van der Waals surface area contributed by atoms with Crippen molar-refractivity contribution in [3.63, 3.8) is 0 Å². The van der Waals surface area contributed by atoms with E-state index in [0.717, 1.165) is 80.5 Å². The quantitative estimate of drug-likeness (QED) is 0.250. The van der Waals surface area contributed by atoms with Crippen LogP contribution in [0.3, 0.4) is 0 Å². The van der Waals surface area contributed by atoms with E-state index in [2.05, 4.69) is 25.7 Å². The highest BCUT2D eigenvalue weighted by Gasteiger charge is 2.47. The standard InChI is InChI=1S/C25H34ClF2N5O2S2/c26-19-12-22(37(34,35)33-25-32-14-23(28)36-25)20(27)13-21(19)30-4-2-1-3-29-5-6-31-24-17-8-15-7-16(10-17)11-18(24)9-15/h12-18,24,29-31H,1-11H2,(H,32,33). The predicted molar refractivity (Wildman–Crippen MR) is 144 cm³/mol. The molecular weight excluding hydrogens is 540 g/mol. The second kappa shape index (κ2) is 11.7. The van der Waals surface area contributed by atoms with E-state index in [1.807, 2.05) is 0 Å². The lowest BCUT2D eigenvalue weighted by Gasteiger charge is -2.54. The summed E-state index contributed by atoms with van der Waals surface area (Å²) in [5, 5.41) is 9.65. The predicted octanol–water partition coefficient (Wildman–Crippen LogP) is 5.07. The molecule has 6 rings (SSSR count). The van der Waals surface area contributed by atoms with Crippen molar-refractivity contribution >= 4 is 43.8 Å². The fraction of sp³-hybridized carbons (Fsp3) is 0.640. The highest BCUT2D eigenvalue weighted by molar-refractivity contribution is 7.93. The topological polar surface area (TPSA) is 95.2 Å². The Kier molecular flexibility index (Phi) is 8.55. The van der Waals surface area contributed by atoms with Gasteiger partial charge in [0.1, 0.15) is 10.7 Å². The van der Waals surface area contributed by atoms with Crippen molar-refractivity contribution in [1.29, 1.82) is 0 Å². The minimum atomic E-state index is -4.29. The zero-order valence-electron chi connectivity index (χ0n) is 20.6. The maximum Gasteiger partial charge on any atom is 0.266 e. The van der Waals surface area contributed by atoms with Crippen molar-refractivity contribution in [2.45, 2.75) is 55.9 Å². The number of hydrogen-bond acceptors (Lipinski definition) is 7. The Balaban J connectivity index is 0.985. The maximum absolute atomic E-state index is 14.6. The Hall–Kier alpha value is -1.53. The first-order valence-electron chi connectivity index (χ1n) is 13.1. The van der Waals surface area contributed by atoms with E-state index in [0.29, 0.717) is 23.6 Å². The fourth-order valence-electron chi connectivity index (χ4n) is 6.65. The SMILES string of the molecule is O=S(=O)(Nc1ncc(F)s1)c1cc(Cl)c(NCCCCNCCNC2C3CC4CC(C3)CC2C4)cc1F. The molecule has 7 nitrogen and oxygen atoms in total. The molecule has 4 saturated carbocycles.